The maximum atomic E-state index is 14.3. The standard InChI is InChI=1S/C14H13F3N4O5S.C13H13F3N4O5S/c1-21(27(23,24)12(16)17)9-7(5-4-6-8(9)15)10(22)11-18-13(25-2)20-14(19-11)26-3;1-24-12-17-10(18-13(19-12)25-2)9(21)6-4-3-5-7(14)8(6)20-26(22,23)11(15)16/h4-6,12H,1-3H3;3-5,9,11,20-21H,1-2H3. The van der Waals surface area contributed by atoms with E-state index in [1.165, 1.54) is 33.2 Å². The number of aromatic nitrogens is 6. The smallest absolute Gasteiger partial charge is 0.355 e. The number of hydrogen-bond acceptors (Lipinski definition) is 16. The van der Waals surface area contributed by atoms with Crippen LogP contribution >= 0.6 is 0 Å². The summed E-state index contributed by atoms with van der Waals surface area (Å²) < 4.78 is 146. The van der Waals surface area contributed by atoms with Gasteiger partial charge in [-0.25, -0.2) is 25.6 Å². The highest BCUT2D eigenvalue weighted by atomic mass is 32.2. The van der Waals surface area contributed by atoms with Crippen LogP contribution in [0, 0.1) is 11.6 Å². The number of hydrogen-bond donors (Lipinski definition) is 2. The number of ketones is 1. The molecule has 2 aromatic heterocycles. The largest absolute Gasteiger partial charge is 0.467 e. The summed E-state index contributed by atoms with van der Waals surface area (Å²) in [6, 6.07) is 4.98. The molecule has 2 heterocycles. The number of sulfonamides is 2. The quantitative estimate of drug-likeness (QED) is 0.138. The van der Waals surface area contributed by atoms with Crippen LogP contribution in [0.1, 0.15) is 33.7 Å². The van der Waals surface area contributed by atoms with Gasteiger partial charge in [-0.1, -0.05) is 18.2 Å². The van der Waals surface area contributed by atoms with Crippen molar-refractivity contribution >= 4 is 37.2 Å². The van der Waals surface area contributed by atoms with Crippen LogP contribution in [0.25, 0.3) is 0 Å². The molecule has 53 heavy (non-hydrogen) atoms. The predicted octanol–water partition coefficient (Wildman–Crippen LogP) is 2.32. The third kappa shape index (κ3) is 9.63. The number of alkyl halides is 4. The van der Waals surface area contributed by atoms with Crippen LogP contribution in [-0.2, 0) is 20.0 Å². The van der Waals surface area contributed by atoms with Gasteiger partial charge in [0.2, 0.25) is 11.6 Å². The summed E-state index contributed by atoms with van der Waals surface area (Å²) in [5, 5.41) is 10.4. The van der Waals surface area contributed by atoms with Gasteiger partial charge in [-0.3, -0.25) is 13.8 Å². The molecule has 0 saturated heterocycles. The number of carbonyl (C=O) groups is 1. The van der Waals surface area contributed by atoms with Gasteiger partial charge in [-0.05, 0) is 18.2 Å². The Balaban J connectivity index is 0.000000286. The van der Waals surface area contributed by atoms with Crippen molar-refractivity contribution in [1.29, 1.82) is 0 Å². The number of carbonyl (C=O) groups excluding carboxylic acids is 1. The summed E-state index contributed by atoms with van der Waals surface area (Å²) in [5.41, 5.74) is -2.69. The number of ether oxygens (including phenoxy) is 4. The molecule has 0 radical (unpaired) electrons. The first-order valence-electron chi connectivity index (χ1n) is 13.9. The number of aliphatic hydroxyl groups excluding tert-OH is 1. The lowest BCUT2D eigenvalue weighted by molar-refractivity contribution is 0.102. The monoisotopic (exact) mass is 800 g/mol. The topological polar surface area (TPSA) is 235 Å². The molecule has 0 saturated carbocycles. The van der Waals surface area contributed by atoms with Gasteiger partial charge in [0.25, 0.3) is 20.0 Å². The van der Waals surface area contributed by atoms with E-state index in [1.54, 1.807) is 0 Å². The Morgan fingerprint density at radius 3 is 1.68 bits per heavy atom. The van der Waals surface area contributed by atoms with Gasteiger partial charge in [0, 0.05) is 12.6 Å². The van der Waals surface area contributed by atoms with Gasteiger partial charge in [-0.2, -0.15) is 37.5 Å². The van der Waals surface area contributed by atoms with Crippen LogP contribution in [0.3, 0.4) is 0 Å². The van der Waals surface area contributed by atoms with E-state index >= 15 is 0 Å². The van der Waals surface area contributed by atoms with E-state index in [-0.39, 0.29) is 34.2 Å². The zero-order valence-corrected chi connectivity index (χ0v) is 29.2. The first kappa shape index (κ1) is 41.8. The summed E-state index contributed by atoms with van der Waals surface area (Å²) in [4.78, 5) is 35.0. The normalized spacial score (nSPS) is 12.0. The van der Waals surface area contributed by atoms with Gasteiger partial charge in [0.15, 0.2) is 5.82 Å². The summed E-state index contributed by atoms with van der Waals surface area (Å²) in [7, 11) is -4.81. The second kappa shape index (κ2) is 17.3. The molecule has 2 aromatic carbocycles. The Hall–Kier alpha value is -5.63. The lowest BCUT2D eigenvalue weighted by atomic mass is 10.1. The fourth-order valence-corrected chi connectivity index (χ4v) is 5.14. The number of halogens is 6. The van der Waals surface area contributed by atoms with Crippen molar-refractivity contribution in [3.63, 3.8) is 0 Å². The summed E-state index contributed by atoms with van der Waals surface area (Å²) in [5.74, 6) is -12.0. The predicted molar refractivity (Wildman–Crippen MR) is 168 cm³/mol. The van der Waals surface area contributed by atoms with Gasteiger partial charge in [0.1, 0.15) is 17.7 Å². The number of nitrogens with zero attached hydrogens (tertiary/aromatic N) is 7. The van der Waals surface area contributed by atoms with Crippen molar-refractivity contribution in [3.8, 4) is 24.0 Å². The molecule has 1 atom stereocenters. The molecular formula is C27H26F6N8O10S2. The molecule has 1 unspecified atom stereocenters. The average molecular weight is 801 g/mol. The van der Waals surface area contributed by atoms with Crippen LogP contribution in [0.15, 0.2) is 36.4 Å². The molecule has 0 fully saturated rings. The van der Waals surface area contributed by atoms with Crippen molar-refractivity contribution in [2.45, 2.75) is 17.6 Å². The highest BCUT2D eigenvalue weighted by Gasteiger charge is 2.34. The molecule has 0 spiro atoms. The average Bonchev–Trinajstić information content (AvgIpc) is 3.14. The Kier molecular flexibility index (Phi) is 13.6. The summed E-state index contributed by atoms with van der Waals surface area (Å²) in [6.45, 7) is 0. The van der Waals surface area contributed by atoms with E-state index in [0.29, 0.717) is 7.05 Å². The number of methoxy groups -OCH3 is 4. The molecule has 0 amide bonds. The molecule has 26 heteroatoms. The fourth-order valence-electron chi connectivity index (χ4n) is 3.87. The minimum absolute atomic E-state index is 0.00408. The minimum Gasteiger partial charge on any atom is -0.467 e. The van der Waals surface area contributed by atoms with Crippen LogP contribution < -0.4 is 28.0 Å². The first-order valence-corrected chi connectivity index (χ1v) is 16.9. The molecule has 0 aliphatic carbocycles. The van der Waals surface area contributed by atoms with Gasteiger partial charge in [0.05, 0.1) is 45.4 Å². The Morgan fingerprint density at radius 1 is 0.736 bits per heavy atom. The van der Waals surface area contributed by atoms with Gasteiger partial charge >= 0.3 is 35.6 Å². The van der Waals surface area contributed by atoms with E-state index in [2.05, 4.69) is 29.9 Å². The maximum Gasteiger partial charge on any atom is 0.355 e. The van der Waals surface area contributed by atoms with Crippen molar-refractivity contribution in [2.75, 3.05) is 44.5 Å². The fraction of sp³-hybridized carbons (Fsp3) is 0.296. The van der Waals surface area contributed by atoms with E-state index in [0.717, 1.165) is 36.4 Å². The Bertz CT molecular complexity index is 2130. The second-order valence-corrected chi connectivity index (χ2v) is 13.1. The molecule has 4 aromatic rings. The molecule has 4 rings (SSSR count). The molecule has 0 bridgehead atoms. The lowest BCUT2D eigenvalue weighted by Gasteiger charge is -2.21. The zero-order valence-electron chi connectivity index (χ0n) is 27.5. The number of aliphatic hydroxyl groups is 1. The van der Waals surface area contributed by atoms with Crippen LogP contribution in [0.4, 0.5) is 37.7 Å². The number of rotatable bonds is 14. The molecule has 0 aliphatic heterocycles. The first-order chi connectivity index (χ1) is 24.8. The Labute approximate surface area is 295 Å². The van der Waals surface area contributed by atoms with Crippen molar-refractivity contribution in [1.82, 2.24) is 29.9 Å². The van der Waals surface area contributed by atoms with E-state index in [1.807, 2.05) is 0 Å². The van der Waals surface area contributed by atoms with Crippen molar-refractivity contribution in [3.05, 3.63) is 70.8 Å². The summed E-state index contributed by atoms with van der Waals surface area (Å²) >= 11 is 0. The number of benzene rings is 2. The second-order valence-electron chi connectivity index (χ2n) is 9.55. The number of anilines is 2. The zero-order chi connectivity index (χ0) is 39.8. The SMILES string of the molecule is COc1nc(OC)nc(C(=O)c2cccc(F)c2N(C)S(=O)(=O)C(F)F)n1.COc1nc(OC)nc(C(O)c2cccc(F)c2NS(=O)(=O)C(F)F)n1. The minimum atomic E-state index is -5.21. The third-order valence-electron chi connectivity index (χ3n) is 6.36. The van der Waals surface area contributed by atoms with Crippen molar-refractivity contribution < 1.29 is 72.0 Å². The van der Waals surface area contributed by atoms with Crippen LogP contribution in [0.2, 0.25) is 0 Å². The highest BCUT2D eigenvalue weighted by molar-refractivity contribution is 7.93. The third-order valence-corrected chi connectivity index (χ3v) is 8.71. The van der Waals surface area contributed by atoms with E-state index in [9.17, 15) is 53.1 Å². The maximum absolute atomic E-state index is 14.3. The van der Waals surface area contributed by atoms with Gasteiger partial charge in [-0.15, -0.1) is 9.97 Å². The molecular weight excluding hydrogens is 774 g/mol. The van der Waals surface area contributed by atoms with Gasteiger partial charge < -0.3 is 24.1 Å². The van der Waals surface area contributed by atoms with Crippen LogP contribution in [-0.4, -0.2) is 105 Å². The Morgan fingerprint density at radius 2 is 1.21 bits per heavy atom. The number of para-hydroxylation sites is 2. The van der Waals surface area contributed by atoms with Crippen molar-refractivity contribution in [2.24, 2.45) is 0 Å². The van der Waals surface area contributed by atoms with Crippen LogP contribution in [0.5, 0.6) is 24.0 Å². The molecule has 0 aliphatic rings. The van der Waals surface area contributed by atoms with E-state index in [4.69, 9.17) is 18.9 Å². The highest BCUT2D eigenvalue weighted by Crippen LogP contribution is 2.32. The number of nitrogens with one attached hydrogen (secondary N) is 1. The molecule has 2 N–H and O–H groups in total. The lowest BCUT2D eigenvalue weighted by Crippen LogP contribution is -2.33. The molecule has 288 valence electrons. The molecule has 18 nitrogen and oxygen atoms in total. The summed E-state index contributed by atoms with van der Waals surface area (Å²) in [6.07, 6.45) is -1.80. The van der Waals surface area contributed by atoms with E-state index < -0.39 is 83.4 Å².